The van der Waals surface area contributed by atoms with E-state index >= 15 is 4.39 Å². The average molecular weight is 570 g/mol. The van der Waals surface area contributed by atoms with Gasteiger partial charge < -0.3 is 25.1 Å². The fourth-order valence-electron chi connectivity index (χ4n) is 8.38. The van der Waals surface area contributed by atoms with Crippen molar-refractivity contribution in [3.63, 3.8) is 0 Å². The number of halogens is 3. The number of rotatable bonds is 8. The Bertz CT molecular complexity index is 1160. The average Bonchev–Trinajstić information content (AvgIpc) is 3.33. The molecule has 206 valence electrons. The van der Waals surface area contributed by atoms with E-state index in [1.807, 2.05) is 0 Å². The normalized spacial score (nSPS) is 42.0. The van der Waals surface area contributed by atoms with Crippen LogP contribution in [0.5, 0.6) is 0 Å². The second kappa shape index (κ2) is 9.04. The number of carbonyl (C=O) groups excluding carboxylic acids is 2. The molecule has 0 aromatic heterocycles. The van der Waals surface area contributed by atoms with Crippen molar-refractivity contribution >= 4 is 41.1 Å². The Hall–Kier alpha value is -1.94. The minimum atomic E-state index is -2.58. The number of aliphatic carboxylic acids is 1. The molecule has 0 aliphatic heterocycles. The summed E-state index contributed by atoms with van der Waals surface area (Å²) in [6, 6.07) is 4.84. The summed E-state index contributed by atoms with van der Waals surface area (Å²) in [7, 11) is 0. The third-order valence-electron chi connectivity index (χ3n) is 9.77. The van der Waals surface area contributed by atoms with Gasteiger partial charge in [-0.3, -0.25) is 9.59 Å². The first-order valence-corrected chi connectivity index (χ1v) is 13.8. The maximum absolute atomic E-state index is 15.8. The number of hydrogen-bond donors (Lipinski definition) is 2. The molecule has 1 aromatic rings. The van der Waals surface area contributed by atoms with Crippen molar-refractivity contribution in [2.45, 2.75) is 68.9 Å². The molecular formula is C27H30Cl2FNO7. The van der Waals surface area contributed by atoms with Gasteiger partial charge in [-0.25, -0.2) is 9.18 Å². The third kappa shape index (κ3) is 3.95. The van der Waals surface area contributed by atoms with Crippen LogP contribution in [0.2, 0.25) is 10.0 Å². The lowest BCUT2D eigenvalue weighted by Crippen LogP contribution is -2.60. The second-order valence-electron chi connectivity index (χ2n) is 12.1. The zero-order valence-electron chi connectivity index (χ0n) is 20.7. The van der Waals surface area contributed by atoms with Crippen LogP contribution < -0.4 is 5.73 Å². The first kappa shape index (κ1) is 26.3. The van der Waals surface area contributed by atoms with Crippen LogP contribution in [0.4, 0.5) is 4.39 Å². The van der Waals surface area contributed by atoms with Crippen LogP contribution >= 0.6 is 23.2 Å². The minimum absolute atomic E-state index is 0.0166. The number of esters is 2. The van der Waals surface area contributed by atoms with E-state index in [4.69, 9.17) is 43.1 Å². The van der Waals surface area contributed by atoms with Crippen LogP contribution in [0.3, 0.4) is 0 Å². The smallest absolute Gasteiger partial charge is 0.347 e. The third-order valence-corrected chi connectivity index (χ3v) is 10.5. The Labute approximate surface area is 229 Å². The molecule has 8 nitrogen and oxygen atoms in total. The maximum atomic E-state index is 15.8. The molecule has 0 radical (unpaired) electrons. The summed E-state index contributed by atoms with van der Waals surface area (Å²) in [5.74, 6) is -3.80. The summed E-state index contributed by atoms with van der Waals surface area (Å²) in [4.78, 5) is 37.9. The van der Waals surface area contributed by atoms with Gasteiger partial charge in [0.1, 0.15) is 5.54 Å². The van der Waals surface area contributed by atoms with Crippen molar-refractivity contribution in [2.24, 2.45) is 40.7 Å². The van der Waals surface area contributed by atoms with E-state index in [1.165, 1.54) is 0 Å². The molecule has 4 bridgehead atoms. The highest BCUT2D eigenvalue weighted by molar-refractivity contribution is 6.42. The lowest BCUT2D eigenvalue weighted by Gasteiger charge is -2.55. The van der Waals surface area contributed by atoms with Gasteiger partial charge >= 0.3 is 17.9 Å². The summed E-state index contributed by atoms with van der Waals surface area (Å²) < 4.78 is 31.9. The Morgan fingerprint density at radius 3 is 2.16 bits per heavy atom. The van der Waals surface area contributed by atoms with E-state index in [2.05, 4.69) is 0 Å². The number of alkyl halides is 1. The lowest BCUT2D eigenvalue weighted by molar-refractivity contribution is -0.189. The largest absolute Gasteiger partial charge is 0.480 e. The molecule has 6 aliphatic rings. The van der Waals surface area contributed by atoms with Gasteiger partial charge in [-0.15, -0.1) is 0 Å². The van der Waals surface area contributed by atoms with E-state index < -0.39 is 53.3 Å². The summed E-state index contributed by atoms with van der Waals surface area (Å²) in [6.07, 6.45) is 4.76. The first-order chi connectivity index (χ1) is 18.0. The van der Waals surface area contributed by atoms with Crippen LogP contribution in [-0.4, -0.2) is 47.1 Å². The number of carbonyl (C=O) groups is 3. The number of nitrogens with two attached hydrogens (primary N) is 1. The summed E-state index contributed by atoms with van der Waals surface area (Å²) in [5.41, 5.74) is 1.60. The van der Waals surface area contributed by atoms with Crippen molar-refractivity contribution < 1.29 is 38.1 Å². The van der Waals surface area contributed by atoms with E-state index in [-0.39, 0.29) is 19.0 Å². The molecule has 6 aliphatic carbocycles. The van der Waals surface area contributed by atoms with Crippen LogP contribution in [0.25, 0.3) is 0 Å². The SMILES string of the molecule is NC1(C(=O)O)C(OCc2ccc(Cl)c(Cl)c2)CC2C1C2(F)C(=O)OCOC(=O)C12CC3CC(CC(C3)C1)C2. The molecule has 6 fully saturated rings. The molecule has 6 saturated carbocycles. The van der Waals surface area contributed by atoms with Crippen molar-refractivity contribution in [3.05, 3.63) is 33.8 Å². The molecule has 0 heterocycles. The number of fused-ring (bicyclic) bond motifs is 1. The monoisotopic (exact) mass is 569 g/mol. The predicted octanol–water partition coefficient (Wildman–Crippen LogP) is 4.28. The Kier molecular flexibility index (Phi) is 6.26. The molecule has 38 heavy (non-hydrogen) atoms. The van der Waals surface area contributed by atoms with Gasteiger partial charge in [0, 0.05) is 11.8 Å². The van der Waals surface area contributed by atoms with Gasteiger partial charge in [0.15, 0.2) is 0 Å². The zero-order valence-corrected chi connectivity index (χ0v) is 22.2. The zero-order chi connectivity index (χ0) is 27.0. The topological polar surface area (TPSA) is 125 Å². The fourth-order valence-corrected chi connectivity index (χ4v) is 8.70. The highest BCUT2D eigenvalue weighted by Crippen LogP contribution is 2.67. The van der Waals surface area contributed by atoms with Crippen LogP contribution in [-0.2, 0) is 35.2 Å². The number of carboxylic acids is 1. The predicted molar refractivity (Wildman–Crippen MR) is 133 cm³/mol. The molecule has 0 amide bonds. The van der Waals surface area contributed by atoms with Crippen LogP contribution in [0, 0.1) is 35.0 Å². The summed E-state index contributed by atoms with van der Waals surface area (Å²) in [5, 5.41) is 10.6. The van der Waals surface area contributed by atoms with Gasteiger partial charge in [-0.2, -0.15) is 0 Å². The number of benzene rings is 1. The number of hydrogen-bond acceptors (Lipinski definition) is 7. The van der Waals surface area contributed by atoms with Gasteiger partial charge in [0.05, 0.1) is 28.2 Å². The molecule has 5 unspecified atom stereocenters. The van der Waals surface area contributed by atoms with Gasteiger partial charge in [-0.1, -0.05) is 29.3 Å². The lowest BCUT2D eigenvalue weighted by atomic mass is 9.49. The van der Waals surface area contributed by atoms with Crippen molar-refractivity contribution in [1.29, 1.82) is 0 Å². The van der Waals surface area contributed by atoms with Gasteiger partial charge in [0.2, 0.25) is 12.5 Å². The van der Waals surface area contributed by atoms with Crippen LogP contribution in [0.1, 0.15) is 50.5 Å². The highest BCUT2D eigenvalue weighted by Gasteiger charge is 2.85. The van der Waals surface area contributed by atoms with E-state index in [0.29, 0.717) is 33.4 Å². The van der Waals surface area contributed by atoms with Gasteiger partial charge in [0.25, 0.3) is 0 Å². The van der Waals surface area contributed by atoms with Crippen molar-refractivity contribution in [1.82, 2.24) is 0 Å². The fraction of sp³-hybridized carbons (Fsp3) is 0.667. The van der Waals surface area contributed by atoms with Crippen molar-refractivity contribution in [2.75, 3.05) is 6.79 Å². The molecule has 7 rings (SSSR count). The second-order valence-corrected chi connectivity index (χ2v) is 12.9. The Balaban J connectivity index is 1.06. The minimum Gasteiger partial charge on any atom is -0.480 e. The van der Waals surface area contributed by atoms with Crippen LogP contribution in [0.15, 0.2) is 18.2 Å². The quantitative estimate of drug-likeness (QED) is 0.351. The molecular weight excluding hydrogens is 540 g/mol. The first-order valence-electron chi connectivity index (χ1n) is 13.1. The van der Waals surface area contributed by atoms with Gasteiger partial charge in [-0.05, 0) is 80.4 Å². The summed E-state index contributed by atoms with van der Waals surface area (Å²) >= 11 is 11.9. The van der Waals surface area contributed by atoms with E-state index in [9.17, 15) is 19.5 Å². The Morgan fingerprint density at radius 2 is 1.58 bits per heavy atom. The standard InChI is InChI=1S/C27H30Cl2FNO7/c28-18-2-1-13(6-19(18)29)11-36-20-7-17-21(27(20,31)22(32)33)26(17,30)24(35)38-12-37-23(34)25-8-14-3-15(9-25)5-16(4-14)10-25/h1-2,6,14-17,20-21H,3-5,7-12,31H2,(H,32,33). The molecule has 3 N–H and O–H groups in total. The van der Waals surface area contributed by atoms with Crippen molar-refractivity contribution in [3.8, 4) is 0 Å². The highest BCUT2D eigenvalue weighted by atomic mass is 35.5. The molecule has 0 saturated heterocycles. The maximum Gasteiger partial charge on any atom is 0.347 e. The number of ether oxygens (including phenoxy) is 3. The molecule has 11 heteroatoms. The van der Waals surface area contributed by atoms with E-state index in [1.54, 1.807) is 18.2 Å². The summed E-state index contributed by atoms with van der Waals surface area (Å²) in [6.45, 7) is -0.719. The molecule has 1 aromatic carbocycles. The Morgan fingerprint density at radius 1 is 0.974 bits per heavy atom. The van der Waals surface area contributed by atoms with E-state index in [0.717, 1.165) is 38.5 Å². The molecule has 5 atom stereocenters. The number of carboxylic acid groups (broad SMARTS) is 1. The molecule has 0 spiro atoms.